The molecule has 0 saturated heterocycles. The van der Waals surface area contributed by atoms with E-state index in [-0.39, 0.29) is 0 Å². The Kier molecular flexibility index (Phi) is 3.43. The van der Waals surface area contributed by atoms with Crippen molar-refractivity contribution < 1.29 is 9.47 Å². The van der Waals surface area contributed by atoms with Gasteiger partial charge in [0.2, 0.25) is 0 Å². The van der Waals surface area contributed by atoms with Crippen molar-refractivity contribution in [2.75, 3.05) is 25.7 Å². The van der Waals surface area contributed by atoms with Crippen molar-refractivity contribution in [3.05, 3.63) is 24.3 Å². The third kappa shape index (κ3) is 2.22. The van der Waals surface area contributed by atoms with Gasteiger partial charge in [0.25, 0.3) is 0 Å². The van der Waals surface area contributed by atoms with Gasteiger partial charge in [-0.2, -0.15) is 0 Å². The summed E-state index contributed by atoms with van der Waals surface area (Å²) in [6.07, 6.45) is 0. The zero-order valence-corrected chi connectivity index (χ0v) is 14.6. The fraction of sp³-hybridized carbons (Fsp3) is 0.125. The molecule has 0 atom stereocenters. The average molecular weight is 358 g/mol. The van der Waals surface area contributed by atoms with Crippen LogP contribution in [0.5, 0.6) is 11.5 Å². The zero-order chi connectivity index (χ0) is 16.8. The second kappa shape index (κ2) is 5.50. The van der Waals surface area contributed by atoms with Crippen molar-refractivity contribution in [2.24, 2.45) is 0 Å². The Hall–Kier alpha value is -2.58. The Morgan fingerprint density at radius 2 is 1.62 bits per heavy atom. The van der Waals surface area contributed by atoms with E-state index in [1.165, 1.54) is 22.7 Å². The number of methoxy groups -OCH3 is 2. The van der Waals surface area contributed by atoms with E-state index in [1.54, 1.807) is 14.2 Å². The van der Waals surface area contributed by atoms with Crippen LogP contribution in [0.1, 0.15) is 0 Å². The van der Waals surface area contributed by atoms with Crippen LogP contribution in [0.15, 0.2) is 24.3 Å². The highest BCUT2D eigenvalue weighted by Gasteiger charge is 2.18. The van der Waals surface area contributed by atoms with Crippen molar-refractivity contribution in [2.45, 2.75) is 0 Å². The quantitative estimate of drug-likeness (QED) is 0.579. The van der Waals surface area contributed by atoms with Crippen LogP contribution >= 0.6 is 22.7 Å². The Balaban J connectivity index is 2.12. The van der Waals surface area contributed by atoms with Gasteiger partial charge in [0.1, 0.15) is 17.0 Å². The van der Waals surface area contributed by atoms with Gasteiger partial charge in [-0.15, -0.1) is 0 Å². The summed E-state index contributed by atoms with van der Waals surface area (Å²) in [5, 5.41) is 1.01. The smallest absolute Gasteiger partial charge is 0.181 e. The minimum Gasteiger partial charge on any atom is -0.497 e. The van der Waals surface area contributed by atoms with E-state index < -0.39 is 0 Å². The monoisotopic (exact) mass is 358 g/mol. The fourth-order valence-corrected chi connectivity index (χ4v) is 4.46. The molecule has 0 aliphatic rings. The summed E-state index contributed by atoms with van der Waals surface area (Å²) in [4.78, 5) is 8.88. The molecule has 0 aliphatic carbocycles. The fourth-order valence-electron chi connectivity index (χ4n) is 2.72. The number of nitrogens with two attached hydrogens (primary N) is 2. The highest BCUT2D eigenvalue weighted by molar-refractivity contribution is 7.25. The lowest BCUT2D eigenvalue weighted by Crippen LogP contribution is -1.91. The maximum absolute atomic E-state index is 5.97. The number of benzene rings is 2. The number of thiazole rings is 2. The van der Waals surface area contributed by atoms with E-state index in [9.17, 15) is 0 Å². The first kappa shape index (κ1) is 15.0. The van der Waals surface area contributed by atoms with Crippen LogP contribution in [-0.4, -0.2) is 24.2 Å². The largest absolute Gasteiger partial charge is 0.497 e. The molecule has 2 aromatic carbocycles. The number of aromatic nitrogens is 2. The standard InChI is InChI=1S/C16H14N4O2S2/c1-21-7-3-4-11(22-2)8(5-7)9-6-10-14(24-15(17)19-10)12-13(9)23-16(18)20-12/h3-6H,1-2H3,(H2,17,19)(H2,18,20). The first-order chi connectivity index (χ1) is 11.6. The SMILES string of the molecule is COc1ccc(OC)c(-c2cc3nc(N)sc3c3nc(N)sc23)c1. The topological polar surface area (TPSA) is 96.3 Å². The van der Waals surface area contributed by atoms with Crippen LogP contribution in [0, 0.1) is 0 Å². The van der Waals surface area contributed by atoms with Crippen LogP contribution in [0.4, 0.5) is 10.3 Å². The van der Waals surface area contributed by atoms with Crippen molar-refractivity contribution in [3.8, 4) is 22.6 Å². The Labute approximate surface area is 145 Å². The predicted molar refractivity (Wildman–Crippen MR) is 100 cm³/mol. The molecule has 24 heavy (non-hydrogen) atoms. The predicted octanol–water partition coefficient (Wildman–Crippen LogP) is 3.75. The lowest BCUT2D eigenvalue weighted by molar-refractivity contribution is 0.404. The van der Waals surface area contributed by atoms with Gasteiger partial charge in [-0.05, 0) is 24.3 Å². The number of hydrogen-bond acceptors (Lipinski definition) is 8. The summed E-state index contributed by atoms with van der Waals surface area (Å²) in [5.41, 5.74) is 15.3. The summed E-state index contributed by atoms with van der Waals surface area (Å²) < 4.78 is 12.8. The number of ether oxygens (including phenoxy) is 2. The van der Waals surface area contributed by atoms with Gasteiger partial charge in [0.05, 0.1) is 29.1 Å². The average Bonchev–Trinajstić information content (AvgIpc) is 3.14. The van der Waals surface area contributed by atoms with E-state index in [1.807, 2.05) is 24.3 Å². The van der Waals surface area contributed by atoms with Crippen LogP contribution in [0.3, 0.4) is 0 Å². The van der Waals surface area contributed by atoms with Crippen LogP contribution < -0.4 is 20.9 Å². The molecule has 0 saturated carbocycles. The van der Waals surface area contributed by atoms with Gasteiger partial charge < -0.3 is 20.9 Å². The molecule has 0 aliphatic heterocycles. The molecule has 0 unspecified atom stereocenters. The molecule has 0 radical (unpaired) electrons. The molecule has 122 valence electrons. The van der Waals surface area contributed by atoms with Crippen molar-refractivity contribution in [3.63, 3.8) is 0 Å². The Morgan fingerprint density at radius 1 is 0.875 bits per heavy atom. The van der Waals surface area contributed by atoms with E-state index in [0.29, 0.717) is 10.3 Å². The maximum atomic E-state index is 5.97. The van der Waals surface area contributed by atoms with E-state index in [2.05, 4.69) is 9.97 Å². The van der Waals surface area contributed by atoms with Gasteiger partial charge in [0.15, 0.2) is 10.3 Å². The molecule has 0 bridgehead atoms. The number of nitrogen functional groups attached to an aromatic ring is 2. The first-order valence-electron chi connectivity index (χ1n) is 7.08. The molecule has 2 heterocycles. The van der Waals surface area contributed by atoms with Gasteiger partial charge in [-0.1, -0.05) is 22.7 Å². The molecular formula is C16H14N4O2S2. The number of hydrogen-bond donors (Lipinski definition) is 2. The lowest BCUT2D eigenvalue weighted by atomic mass is 10.0. The molecule has 8 heteroatoms. The van der Waals surface area contributed by atoms with Crippen molar-refractivity contribution in [1.82, 2.24) is 9.97 Å². The molecule has 0 spiro atoms. The first-order valence-corrected chi connectivity index (χ1v) is 8.71. The molecule has 4 rings (SSSR count). The number of nitrogens with zero attached hydrogens (tertiary/aromatic N) is 2. The van der Waals surface area contributed by atoms with Crippen LogP contribution in [0.25, 0.3) is 31.6 Å². The maximum Gasteiger partial charge on any atom is 0.181 e. The van der Waals surface area contributed by atoms with E-state index in [4.69, 9.17) is 20.9 Å². The Morgan fingerprint density at radius 3 is 2.38 bits per heavy atom. The van der Waals surface area contributed by atoms with Gasteiger partial charge in [0, 0.05) is 11.1 Å². The van der Waals surface area contributed by atoms with Gasteiger partial charge >= 0.3 is 0 Å². The van der Waals surface area contributed by atoms with E-state index >= 15 is 0 Å². The summed E-state index contributed by atoms with van der Waals surface area (Å²) in [6.45, 7) is 0. The van der Waals surface area contributed by atoms with Gasteiger partial charge in [-0.25, -0.2) is 9.97 Å². The van der Waals surface area contributed by atoms with Crippen LogP contribution in [-0.2, 0) is 0 Å². The normalized spacial score (nSPS) is 11.2. The molecule has 2 aromatic heterocycles. The molecular weight excluding hydrogens is 344 g/mol. The number of anilines is 2. The Bertz CT molecular complexity index is 1070. The zero-order valence-electron chi connectivity index (χ0n) is 13.0. The second-order valence-corrected chi connectivity index (χ2v) is 7.18. The van der Waals surface area contributed by atoms with Gasteiger partial charge in [-0.3, -0.25) is 0 Å². The lowest BCUT2D eigenvalue weighted by Gasteiger charge is -2.11. The molecule has 0 fully saturated rings. The summed E-state index contributed by atoms with van der Waals surface area (Å²) in [5.74, 6) is 1.49. The highest BCUT2D eigenvalue weighted by Crippen LogP contribution is 2.44. The molecule has 6 nitrogen and oxygen atoms in total. The summed E-state index contributed by atoms with van der Waals surface area (Å²) in [7, 11) is 3.28. The third-order valence-electron chi connectivity index (χ3n) is 3.75. The number of fused-ring (bicyclic) bond motifs is 3. The highest BCUT2D eigenvalue weighted by atomic mass is 32.1. The molecule has 4 aromatic rings. The molecule has 0 amide bonds. The summed E-state index contributed by atoms with van der Waals surface area (Å²) in [6, 6.07) is 7.68. The summed E-state index contributed by atoms with van der Waals surface area (Å²) >= 11 is 2.85. The van der Waals surface area contributed by atoms with Crippen molar-refractivity contribution in [1.29, 1.82) is 0 Å². The van der Waals surface area contributed by atoms with E-state index in [0.717, 1.165) is 43.1 Å². The van der Waals surface area contributed by atoms with Crippen molar-refractivity contribution >= 4 is 53.4 Å². The van der Waals surface area contributed by atoms with Crippen LogP contribution in [0.2, 0.25) is 0 Å². The minimum absolute atomic E-state index is 0.507. The number of rotatable bonds is 3. The second-order valence-electron chi connectivity index (χ2n) is 5.12. The molecule has 4 N–H and O–H groups in total. The minimum atomic E-state index is 0.507. The third-order valence-corrected chi connectivity index (χ3v) is 5.58.